The molecule has 1 aliphatic rings. The van der Waals surface area contributed by atoms with Gasteiger partial charge >= 0.3 is 0 Å². The van der Waals surface area contributed by atoms with Gasteiger partial charge in [0.2, 0.25) is 11.8 Å². The maximum atomic E-state index is 12.8. The molecule has 0 bridgehead atoms. The molecule has 0 aliphatic carbocycles. The largest absolute Gasteiger partial charge is 0.368 e. The van der Waals surface area contributed by atoms with Crippen LogP contribution in [0.15, 0.2) is 24.3 Å². The lowest BCUT2D eigenvalue weighted by Gasteiger charge is -2.37. The van der Waals surface area contributed by atoms with E-state index in [1.807, 2.05) is 11.9 Å². The second-order valence-electron chi connectivity index (χ2n) is 5.36. The lowest BCUT2D eigenvalue weighted by atomic mass is 10.1. The number of primary amides is 1. The molecule has 1 heterocycles. The van der Waals surface area contributed by atoms with Crippen molar-refractivity contribution < 1.29 is 14.0 Å². The third-order valence-corrected chi connectivity index (χ3v) is 3.87. The standard InChI is InChI=1S/C15H20FN3O2/c1-18-8-9-19(10-13(18)15(17)21)14(20)7-4-11-2-5-12(16)6-3-11/h2-3,5-6,13H,4,7-10H2,1H3,(H2,17,21)/t13-/m1/s1. The van der Waals surface area contributed by atoms with Crippen molar-refractivity contribution in [3.05, 3.63) is 35.6 Å². The summed E-state index contributed by atoms with van der Waals surface area (Å²) in [6, 6.07) is 5.71. The molecule has 2 N–H and O–H groups in total. The van der Waals surface area contributed by atoms with Crippen LogP contribution in [0, 0.1) is 5.82 Å². The van der Waals surface area contributed by atoms with Gasteiger partial charge in [-0.2, -0.15) is 0 Å². The molecular formula is C15H20FN3O2. The highest BCUT2D eigenvalue weighted by atomic mass is 19.1. The predicted molar refractivity (Wildman–Crippen MR) is 76.9 cm³/mol. The van der Waals surface area contributed by atoms with Crippen molar-refractivity contribution >= 4 is 11.8 Å². The van der Waals surface area contributed by atoms with Crippen LogP contribution in [-0.2, 0) is 16.0 Å². The number of likely N-dealkylation sites (N-methyl/N-ethyl adjacent to an activating group) is 1. The minimum Gasteiger partial charge on any atom is -0.368 e. The van der Waals surface area contributed by atoms with Crippen molar-refractivity contribution in [2.75, 3.05) is 26.7 Å². The number of benzene rings is 1. The third kappa shape index (κ3) is 4.01. The second-order valence-corrected chi connectivity index (χ2v) is 5.36. The molecule has 0 saturated carbocycles. The van der Waals surface area contributed by atoms with Gasteiger partial charge in [-0.1, -0.05) is 12.1 Å². The summed E-state index contributed by atoms with van der Waals surface area (Å²) < 4.78 is 12.8. The van der Waals surface area contributed by atoms with Crippen LogP contribution in [-0.4, -0.2) is 54.3 Å². The molecule has 1 atom stereocenters. The first-order chi connectivity index (χ1) is 9.97. The smallest absolute Gasteiger partial charge is 0.236 e. The Kier molecular flexibility index (Phi) is 4.90. The first-order valence-electron chi connectivity index (χ1n) is 6.99. The molecular weight excluding hydrogens is 273 g/mol. The highest BCUT2D eigenvalue weighted by Crippen LogP contribution is 2.11. The Balaban J connectivity index is 1.88. The Bertz CT molecular complexity index is 518. The van der Waals surface area contributed by atoms with Gasteiger partial charge in [0.05, 0.1) is 0 Å². The van der Waals surface area contributed by atoms with Crippen LogP contribution in [0.25, 0.3) is 0 Å². The Morgan fingerprint density at radius 1 is 1.29 bits per heavy atom. The van der Waals surface area contributed by atoms with Crippen LogP contribution >= 0.6 is 0 Å². The Morgan fingerprint density at radius 2 is 1.95 bits per heavy atom. The molecule has 1 aromatic rings. The molecule has 114 valence electrons. The molecule has 5 nitrogen and oxygen atoms in total. The zero-order valence-corrected chi connectivity index (χ0v) is 12.1. The van der Waals surface area contributed by atoms with E-state index in [2.05, 4.69) is 0 Å². The van der Waals surface area contributed by atoms with Gasteiger partial charge in [0.15, 0.2) is 0 Å². The van der Waals surface area contributed by atoms with Crippen LogP contribution in [0.4, 0.5) is 4.39 Å². The maximum Gasteiger partial charge on any atom is 0.236 e. The summed E-state index contributed by atoms with van der Waals surface area (Å²) in [5.74, 6) is -0.694. The predicted octanol–water partition coefficient (Wildman–Crippen LogP) is 0.386. The van der Waals surface area contributed by atoms with E-state index in [0.717, 1.165) is 5.56 Å². The van der Waals surface area contributed by atoms with E-state index in [1.165, 1.54) is 12.1 Å². The Morgan fingerprint density at radius 3 is 2.57 bits per heavy atom. The summed E-state index contributed by atoms with van der Waals surface area (Å²) in [5, 5.41) is 0. The monoisotopic (exact) mass is 293 g/mol. The number of nitrogens with zero attached hydrogens (tertiary/aromatic N) is 2. The number of carbonyl (C=O) groups excluding carboxylic acids is 2. The third-order valence-electron chi connectivity index (χ3n) is 3.87. The Hall–Kier alpha value is -1.95. The van der Waals surface area contributed by atoms with E-state index in [4.69, 9.17) is 5.73 Å². The molecule has 0 spiro atoms. The van der Waals surface area contributed by atoms with Crippen LogP contribution in [0.3, 0.4) is 0 Å². The van der Waals surface area contributed by atoms with E-state index in [-0.39, 0.29) is 11.7 Å². The van der Waals surface area contributed by atoms with Crippen molar-refractivity contribution in [1.82, 2.24) is 9.80 Å². The molecule has 0 radical (unpaired) electrons. The van der Waals surface area contributed by atoms with Gasteiger partial charge in [-0.15, -0.1) is 0 Å². The average Bonchev–Trinajstić information content (AvgIpc) is 2.46. The van der Waals surface area contributed by atoms with Crippen LogP contribution in [0.2, 0.25) is 0 Å². The summed E-state index contributed by atoms with van der Waals surface area (Å²) in [6.07, 6.45) is 0.910. The number of aryl methyl sites for hydroxylation is 1. The van der Waals surface area contributed by atoms with Gasteiger partial charge < -0.3 is 10.6 Å². The van der Waals surface area contributed by atoms with Crippen LogP contribution in [0.1, 0.15) is 12.0 Å². The average molecular weight is 293 g/mol. The molecule has 6 heteroatoms. The lowest BCUT2D eigenvalue weighted by Crippen LogP contribution is -2.57. The molecule has 1 fully saturated rings. The van der Waals surface area contributed by atoms with E-state index in [9.17, 15) is 14.0 Å². The SMILES string of the molecule is CN1CCN(C(=O)CCc2ccc(F)cc2)C[C@@H]1C(N)=O. The van der Waals surface area contributed by atoms with Gasteiger partial charge in [0, 0.05) is 26.1 Å². The quantitative estimate of drug-likeness (QED) is 0.873. The summed E-state index contributed by atoms with van der Waals surface area (Å²) in [6.45, 7) is 1.58. The number of nitrogens with two attached hydrogens (primary N) is 1. The fourth-order valence-corrected chi connectivity index (χ4v) is 2.47. The van der Waals surface area contributed by atoms with Crippen molar-refractivity contribution in [1.29, 1.82) is 0 Å². The zero-order chi connectivity index (χ0) is 15.4. The van der Waals surface area contributed by atoms with Gasteiger partial charge in [-0.25, -0.2) is 4.39 Å². The fraction of sp³-hybridized carbons (Fsp3) is 0.467. The topological polar surface area (TPSA) is 66.6 Å². The molecule has 0 aromatic heterocycles. The maximum absolute atomic E-state index is 12.8. The van der Waals surface area contributed by atoms with Crippen molar-refractivity contribution in [3.8, 4) is 0 Å². The lowest BCUT2D eigenvalue weighted by molar-refractivity contribution is -0.136. The van der Waals surface area contributed by atoms with E-state index in [1.54, 1.807) is 17.0 Å². The molecule has 2 rings (SSSR count). The molecule has 1 saturated heterocycles. The minimum atomic E-state index is -0.423. The highest BCUT2D eigenvalue weighted by Gasteiger charge is 2.30. The normalized spacial score (nSPS) is 19.5. The van der Waals surface area contributed by atoms with Gasteiger partial charge in [-0.05, 0) is 31.2 Å². The van der Waals surface area contributed by atoms with E-state index in [0.29, 0.717) is 32.5 Å². The summed E-state index contributed by atoms with van der Waals surface area (Å²) in [4.78, 5) is 27.1. The van der Waals surface area contributed by atoms with E-state index < -0.39 is 11.9 Å². The number of amides is 2. The molecule has 0 unspecified atom stereocenters. The van der Waals surface area contributed by atoms with Crippen molar-refractivity contribution in [2.24, 2.45) is 5.73 Å². The van der Waals surface area contributed by atoms with Crippen molar-refractivity contribution in [2.45, 2.75) is 18.9 Å². The highest BCUT2D eigenvalue weighted by molar-refractivity contribution is 5.82. The van der Waals surface area contributed by atoms with Crippen LogP contribution in [0.5, 0.6) is 0 Å². The number of hydrogen-bond donors (Lipinski definition) is 1. The summed E-state index contributed by atoms with van der Waals surface area (Å²) in [7, 11) is 1.83. The summed E-state index contributed by atoms with van der Waals surface area (Å²) in [5.41, 5.74) is 6.27. The summed E-state index contributed by atoms with van der Waals surface area (Å²) >= 11 is 0. The van der Waals surface area contributed by atoms with Gasteiger partial charge in [0.25, 0.3) is 0 Å². The van der Waals surface area contributed by atoms with Crippen LogP contribution < -0.4 is 5.73 Å². The number of piperazine rings is 1. The van der Waals surface area contributed by atoms with E-state index >= 15 is 0 Å². The molecule has 1 aromatic carbocycles. The molecule has 1 aliphatic heterocycles. The molecule has 2 amide bonds. The Labute approximate surface area is 123 Å². The second kappa shape index (κ2) is 6.67. The first-order valence-corrected chi connectivity index (χ1v) is 6.99. The van der Waals surface area contributed by atoms with Gasteiger partial charge in [0.1, 0.15) is 11.9 Å². The zero-order valence-electron chi connectivity index (χ0n) is 12.1. The number of rotatable bonds is 4. The number of hydrogen-bond acceptors (Lipinski definition) is 3. The minimum absolute atomic E-state index is 0.00123. The first kappa shape index (κ1) is 15.4. The number of carbonyl (C=O) groups is 2. The fourth-order valence-electron chi connectivity index (χ4n) is 2.47. The van der Waals surface area contributed by atoms with Crippen molar-refractivity contribution in [3.63, 3.8) is 0 Å². The van der Waals surface area contributed by atoms with Gasteiger partial charge in [-0.3, -0.25) is 14.5 Å². The number of halogens is 1. The molecule has 21 heavy (non-hydrogen) atoms.